The van der Waals surface area contributed by atoms with Crippen LogP contribution in [-0.4, -0.2) is 28.9 Å². The van der Waals surface area contributed by atoms with Crippen molar-refractivity contribution in [2.75, 3.05) is 18.0 Å². The number of rotatable bonds is 2. The van der Waals surface area contributed by atoms with Crippen molar-refractivity contribution < 1.29 is 0 Å². The van der Waals surface area contributed by atoms with E-state index in [0.29, 0.717) is 12.1 Å². The lowest BCUT2D eigenvalue weighted by Crippen LogP contribution is -2.40. The maximum Gasteiger partial charge on any atom is 0.0830 e. The summed E-state index contributed by atoms with van der Waals surface area (Å²) in [6, 6.07) is 1.03. The first-order valence-corrected chi connectivity index (χ1v) is 7.73. The van der Waals surface area contributed by atoms with Gasteiger partial charge in [-0.25, -0.2) is 0 Å². The fourth-order valence-corrected chi connectivity index (χ4v) is 3.74. The first-order valence-electron chi connectivity index (χ1n) is 7.73. The minimum atomic E-state index is 0.390. The molecule has 0 spiro atoms. The van der Waals surface area contributed by atoms with Crippen LogP contribution in [-0.2, 0) is 0 Å². The van der Waals surface area contributed by atoms with Gasteiger partial charge < -0.3 is 10.6 Å². The zero-order chi connectivity index (χ0) is 13.4. The van der Waals surface area contributed by atoms with Gasteiger partial charge in [-0.2, -0.15) is 5.10 Å². The Balaban J connectivity index is 1.85. The smallest absolute Gasteiger partial charge is 0.0830 e. The van der Waals surface area contributed by atoms with Crippen molar-refractivity contribution in [3.63, 3.8) is 0 Å². The Morgan fingerprint density at radius 2 is 1.68 bits per heavy atom. The Bertz CT molecular complexity index is 437. The predicted octanol–water partition coefficient (Wildman–Crippen LogP) is 2.54. The number of nitrogens with zero attached hydrogens (tertiary/aromatic N) is 3. The zero-order valence-corrected chi connectivity index (χ0v) is 12.2. The maximum atomic E-state index is 6.01. The zero-order valence-electron chi connectivity index (χ0n) is 12.2. The van der Waals surface area contributed by atoms with Crippen molar-refractivity contribution in [1.82, 2.24) is 9.78 Å². The van der Waals surface area contributed by atoms with Crippen LogP contribution < -0.4 is 10.6 Å². The third-order valence-electron chi connectivity index (χ3n) is 4.81. The van der Waals surface area contributed by atoms with E-state index in [0.717, 1.165) is 25.9 Å². The highest BCUT2D eigenvalue weighted by Crippen LogP contribution is 2.34. The second-order valence-electron chi connectivity index (χ2n) is 6.23. The molecule has 1 saturated carbocycles. The molecule has 0 atom stereocenters. The second kappa shape index (κ2) is 5.16. The van der Waals surface area contributed by atoms with Gasteiger partial charge >= 0.3 is 0 Å². The molecule has 106 valence electrons. The van der Waals surface area contributed by atoms with Gasteiger partial charge in [-0.1, -0.05) is 12.8 Å². The molecule has 19 heavy (non-hydrogen) atoms. The Hall–Kier alpha value is -1.03. The monoisotopic (exact) mass is 262 g/mol. The summed E-state index contributed by atoms with van der Waals surface area (Å²) in [7, 11) is 0. The molecule has 0 aromatic carbocycles. The molecule has 0 bridgehead atoms. The van der Waals surface area contributed by atoms with E-state index < -0.39 is 0 Å². The van der Waals surface area contributed by atoms with Crippen molar-refractivity contribution in [3.05, 3.63) is 11.4 Å². The number of aryl methyl sites for hydroxylation is 1. The molecule has 1 aromatic heterocycles. The second-order valence-corrected chi connectivity index (χ2v) is 6.23. The van der Waals surface area contributed by atoms with Crippen molar-refractivity contribution in [1.29, 1.82) is 0 Å². The molecule has 0 unspecified atom stereocenters. The van der Waals surface area contributed by atoms with E-state index in [-0.39, 0.29) is 0 Å². The molecular formula is C15H26N4. The SMILES string of the molecule is Cc1nn(C2CCCC2)c(C)c1N1CCC(N)CC1. The minimum Gasteiger partial charge on any atom is -0.368 e. The van der Waals surface area contributed by atoms with Crippen LogP contribution in [0.25, 0.3) is 0 Å². The van der Waals surface area contributed by atoms with E-state index in [9.17, 15) is 0 Å². The van der Waals surface area contributed by atoms with Crippen LogP contribution in [0.4, 0.5) is 5.69 Å². The van der Waals surface area contributed by atoms with E-state index in [1.54, 1.807) is 0 Å². The van der Waals surface area contributed by atoms with Crippen LogP contribution in [0.3, 0.4) is 0 Å². The molecule has 2 heterocycles. The molecule has 4 heteroatoms. The van der Waals surface area contributed by atoms with Gasteiger partial charge in [0.05, 0.1) is 23.1 Å². The summed E-state index contributed by atoms with van der Waals surface area (Å²) in [5.41, 5.74) is 9.94. The molecule has 4 nitrogen and oxygen atoms in total. The maximum absolute atomic E-state index is 6.01. The average Bonchev–Trinajstić information content (AvgIpc) is 3.00. The number of piperidine rings is 1. The molecule has 2 aliphatic rings. The third kappa shape index (κ3) is 2.38. The lowest BCUT2D eigenvalue weighted by Gasteiger charge is -2.32. The summed E-state index contributed by atoms with van der Waals surface area (Å²) in [6.07, 6.45) is 7.52. The van der Waals surface area contributed by atoms with Gasteiger partial charge in [-0.3, -0.25) is 4.68 Å². The fraction of sp³-hybridized carbons (Fsp3) is 0.800. The lowest BCUT2D eigenvalue weighted by molar-refractivity contribution is 0.454. The van der Waals surface area contributed by atoms with Gasteiger partial charge in [0.1, 0.15) is 0 Å². The standard InChI is InChI=1S/C15H26N4/c1-11-15(18-9-7-13(16)8-10-18)12(2)19(17-11)14-5-3-4-6-14/h13-14H,3-10,16H2,1-2H3. The molecule has 2 fully saturated rings. The predicted molar refractivity (Wildman–Crippen MR) is 78.6 cm³/mol. The average molecular weight is 262 g/mol. The summed E-state index contributed by atoms with van der Waals surface area (Å²) in [4.78, 5) is 2.49. The quantitative estimate of drug-likeness (QED) is 0.891. The number of aromatic nitrogens is 2. The first kappa shape index (κ1) is 13.0. The summed E-state index contributed by atoms with van der Waals surface area (Å²) in [5.74, 6) is 0. The molecule has 0 amide bonds. The first-order chi connectivity index (χ1) is 9.16. The molecule has 3 rings (SSSR count). The van der Waals surface area contributed by atoms with Crippen LogP contribution in [0.2, 0.25) is 0 Å². The van der Waals surface area contributed by atoms with E-state index in [1.807, 2.05) is 0 Å². The highest BCUT2D eigenvalue weighted by atomic mass is 15.3. The Morgan fingerprint density at radius 1 is 1.05 bits per heavy atom. The van der Waals surface area contributed by atoms with Crippen molar-refractivity contribution in [3.8, 4) is 0 Å². The minimum absolute atomic E-state index is 0.390. The highest BCUT2D eigenvalue weighted by Gasteiger charge is 2.26. The molecule has 1 aromatic rings. The summed E-state index contributed by atoms with van der Waals surface area (Å²) < 4.78 is 2.30. The van der Waals surface area contributed by atoms with E-state index in [1.165, 1.54) is 42.8 Å². The highest BCUT2D eigenvalue weighted by molar-refractivity contribution is 5.55. The number of hydrogen-bond donors (Lipinski definition) is 1. The van der Waals surface area contributed by atoms with E-state index in [4.69, 9.17) is 10.8 Å². The van der Waals surface area contributed by atoms with Crippen LogP contribution in [0.5, 0.6) is 0 Å². The molecule has 0 radical (unpaired) electrons. The van der Waals surface area contributed by atoms with Crippen molar-refractivity contribution >= 4 is 5.69 Å². The fourth-order valence-electron chi connectivity index (χ4n) is 3.74. The van der Waals surface area contributed by atoms with E-state index in [2.05, 4.69) is 23.4 Å². The number of anilines is 1. The summed E-state index contributed by atoms with van der Waals surface area (Å²) >= 11 is 0. The molecule has 2 N–H and O–H groups in total. The lowest BCUT2D eigenvalue weighted by atomic mass is 10.1. The topological polar surface area (TPSA) is 47.1 Å². The summed E-state index contributed by atoms with van der Waals surface area (Å²) in [5, 5.41) is 4.83. The Kier molecular flexibility index (Phi) is 3.52. The molecular weight excluding hydrogens is 236 g/mol. The normalized spacial score (nSPS) is 22.4. The van der Waals surface area contributed by atoms with Crippen LogP contribution in [0.1, 0.15) is 56.0 Å². The largest absolute Gasteiger partial charge is 0.368 e. The molecule has 1 saturated heterocycles. The Morgan fingerprint density at radius 3 is 2.32 bits per heavy atom. The molecule has 1 aliphatic carbocycles. The van der Waals surface area contributed by atoms with Gasteiger partial charge in [-0.15, -0.1) is 0 Å². The van der Waals surface area contributed by atoms with Crippen molar-refractivity contribution in [2.24, 2.45) is 5.73 Å². The van der Waals surface area contributed by atoms with Gasteiger partial charge in [0.25, 0.3) is 0 Å². The van der Waals surface area contributed by atoms with Gasteiger partial charge in [0, 0.05) is 19.1 Å². The van der Waals surface area contributed by atoms with Gasteiger partial charge in [0.2, 0.25) is 0 Å². The van der Waals surface area contributed by atoms with Gasteiger partial charge in [-0.05, 0) is 39.5 Å². The van der Waals surface area contributed by atoms with E-state index >= 15 is 0 Å². The molecule has 1 aliphatic heterocycles. The number of nitrogens with two attached hydrogens (primary N) is 1. The summed E-state index contributed by atoms with van der Waals surface area (Å²) in [6.45, 7) is 6.56. The van der Waals surface area contributed by atoms with Crippen LogP contribution >= 0.6 is 0 Å². The van der Waals surface area contributed by atoms with Gasteiger partial charge in [0.15, 0.2) is 0 Å². The van der Waals surface area contributed by atoms with Crippen LogP contribution in [0, 0.1) is 13.8 Å². The van der Waals surface area contributed by atoms with Crippen molar-refractivity contribution in [2.45, 2.75) is 64.5 Å². The third-order valence-corrected chi connectivity index (χ3v) is 4.81. The van der Waals surface area contributed by atoms with Crippen LogP contribution in [0.15, 0.2) is 0 Å². The Labute approximate surface area is 116 Å². The number of hydrogen-bond acceptors (Lipinski definition) is 3.